The molecule has 0 fully saturated rings. The van der Waals surface area contributed by atoms with Crippen LogP contribution >= 0.6 is 0 Å². The van der Waals surface area contributed by atoms with Gasteiger partial charge in [0, 0.05) is 50.3 Å². The summed E-state index contributed by atoms with van der Waals surface area (Å²) in [6.07, 6.45) is 3.91. The molecule has 25 heavy (non-hydrogen) atoms. The number of para-hydroxylation sites is 1. The molecule has 6 heteroatoms. The highest BCUT2D eigenvalue weighted by molar-refractivity contribution is 5.95. The summed E-state index contributed by atoms with van der Waals surface area (Å²) in [6.45, 7) is 3.19. The van der Waals surface area contributed by atoms with E-state index < -0.39 is 0 Å². The summed E-state index contributed by atoms with van der Waals surface area (Å²) < 4.78 is 5.35. The monoisotopic (exact) mass is 338 g/mol. The molecule has 1 aromatic heterocycles. The average molecular weight is 338 g/mol. The Morgan fingerprint density at radius 3 is 2.96 bits per heavy atom. The number of anilines is 1. The summed E-state index contributed by atoms with van der Waals surface area (Å²) in [7, 11) is 1.63. The Morgan fingerprint density at radius 2 is 2.08 bits per heavy atom. The predicted octanol–water partition coefficient (Wildman–Crippen LogP) is 1.82. The Balaban J connectivity index is 1.39. The van der Waals surface area contributed by atoms with Crippen molar-refractivity contribution in [2.45, 2.75) is 25.8 Å². The third-order valence-corrected chi connectivity index (χ3v) is 5.07. The van der Waals surface area contributed by atoms with Gasteiger partial charge < -0.3 is 9.64 Å². The first-order valence-corrected chi connectivity index (χ1v) is 8.73. The van der Waals surface area contributed by atoms with Gasteiger partial charge in [0.15, 0.2) is 0 Å². The summed E-state index contributed by atoms with van der Waals surface area (Å²) in [5.74, 6) is 0.849. The average Bonchev–Trinajstić information content (AvgIpc) is 3.09. The van der Waals surface area contributed by atoms with E-state index in [0.29, 0.717) is 12.3 Å². The number of carbonyl (C=O) groups excluding carboxylic acids is 1. The summed E-state index contributed by atoms with van der Waals surface area (Å²) in [6, 6.07) is 8.18. The highest BCUT2D eigenvalue weighted by Gasteiger charge is 2.26. The molecule has 0 N–H and O–H groups in total. The molecule has 130 valence electrons. The van der Waals surface area contributed by atoms with E-state index in [0.717, 1.165) is 56.0 Å². The van der Waals surface area contributed by atoms with E-state index in [4.69, 9.17) is 4.74 Å². The Hall–Kier alpha value is -2.47. The van der Waals surface area contributed by atoms with Gasteiger partial charge >= 0.3 is 0 Å². The zero-order valence-corrected chi connectivity index (χ0v) is 14.4. The molecule has 0 saturated carbocycles. The molecular formula is C19H22N4O2. The normalized spacial score (nSPS) is 16.4. The van der Waals surface area contributed by atoms with Gasteiger partial charge in [-0.05, 0) is 18.1 Å². The van der Waals surface area contributed by atoms with Gasteiger partial charge in [0.05, 0.1) is 12.8 Å². The minimum Gasteiger partial charge on any atom is -0.481 e. The fourth-order valence-electron chi connectivity index (χ4n) is 3.72. The highest BCUT2D eigenvalue weighted by Crippen LogP contribution is 2.28. The molecule has 2 aliphatic heterocycles. The van der Waals surface area contributed by atoms with E-state index in [2.05, 4.69) is 20.9 Å². The van der Waals surface area contributed by atoms with Crippen LogP contribution < -0.4 is 9.64 Å². The van der Waals surface area contributed by atoms with Crippen molar-refractivity contribution in [2.75, 3.05) is 31.6 Å². The van der Waals surface area contributed by atoms with Crippen molar-refractivity contribution in [1.82, 2.24) is 14.9 Å². The molecule has 0 aliphatic carbocycles. The summed E-state index contributed by atoms with van der Waals surface area (Å²) in [5, 5.41) is 0. The van der Waals surface area contributed by atoms with Crippen LogP contribution in [0.2, 0.25) is 0 Å². The second kappa shape index (κ2) is 6.80. The fourth-order valence-corrected chi connectivity index (χ4v) is 3.72. The van der Waals surface area contributed by atoms with Gasteiger partial charge in [-0.2, -0.15) is 0 Å². The number of benzene rings is 1. The standard InChI is InChI=1S/C19H22N4O2/c1-25-19-15-12-22(9-7-16(15)20-13-21-19)10-8-18(24)23-11-6-14-4-2-3-5-17(14)23/h2-5,13H,6-12H2,1H3. The van der Waals surface area contributed by atoms with Crippen LogP contribution in [0.3, 0.4) is 0 Å². The Morgan fingerprint density at radius 1 is 1.20 bits per heavy atom. The Labute approximate surface area is 147 Å². The molecule has 0 spiro atoms. The topological polar surface area (TPSA) is 58.6 Å². The van der Waals surface area contributed by atoms with E-state index in [1.165, 1.54) is 5.56 Å². The zero-order valence-electron chi connectivity index (χ0n) is 14.4. The van der Waals surface area contributed by atoms with Crippen LogP contribution in [0.1, 0.15) is 23.2 Å². The molecule has 0 bridgehead atoms. The van der Waals surface area contributed by atoms with E-state index in [1.54, 1.807) is 13.4 Å². The molecule has 0 unspecified atom stereocenters. The molecule has 4 rings (SSSR count). The SMILES string of the molecule is COc1ncnc2c1CN(CCC(=O)N1CCc3ccccc31)CC2. The number of fused-ring (bicyclic) bond motifs is 2. The van der Waals surface area contributed by atoms with Crippen LogP contribution in [-0.2, 0) is 24.2 Å². The molecule has 2 aliphatic rings. The third kappa shape index (κ3) is 3.09. The van der Waals surface area contributed by atoms with Crippen molar-refractivity contribution in [3.8, 4) is 5.88 Å². The van der Waals surface area contributed by atoms with E-state index in [1.807, 2.05) is 23.1 Å². The third-order valence-electron chi connectivity index (χ3n) is 5.07. The minimum absolute atomic E-state index is 0.201. The van der Waals surface area contributed by atoms with Crippen molar-refractivity contribution in [3.63, 3.8) is 0 Å². The second-order valence-electron chi connectivity index (χ2n) is 6.51. The molecular weight excluding hydrogens is 316 g/mol. The maximum Gasteiger partial charge on any atom is 0.228 e. The number of amides is 1. The molecule has 6 nitrogen and oxygen atoms in total. The van der Waals surface area contributed by atoms with E-state index in [-0.39, 0.29) is 5.91 Å². The first kappa shape index (κ1) is 16.0. The number of hydrogen-bond acceptors (Lipinski definition) is 5. The van der Waals surface area contributed by atoms with Gasteiger partial charge in [-0.3, -0.25) is 9.69 Å². The second-order valence-corrected chi connectivity index (χ2v) is 6.51. The minimum atomic E-state index is 0.201. The zero-order chi connectivity index (χ0) is 17.2. The number of hydrogen-bond donors (Lipinski definition) is 0. The molecule has 0 saturated heterocycles. The Bertz CT molecular complexity index is 778. The lowest BCUT2D eigenvalue weighted by Crippen LogP contribution is -2.36. The first-order valence-electron chi connectivity index (χ1n) is 8.73. The van der Waals surface area contributed by atoms with Crippen LogP contribution in [0, 0.1) is 0 Å². The van der Waals surface area contributed by atoms with E-state index in [9.17, 15) is 4.79 Å². The molecule has 3 heterocycles. The van der Waals surface area contributed by atoms with Crippen LogP contribution in [0.5, 0.6) is 5.88 Å². The number of rotatable bonds is 4. The van der Waals surface area contributed by atoms with Gasteiger partial charge in [-0.25, -0.2) is 9.97 Å². The van der Waals surface area contributed by atoms with Gasteiger partial charge in [-0.15, -0.1) is 0 Å². The van der Waals surface area contributed by atoms with Crippen LogP contribution in [0.15, 0.2) is 30.6 Å². The van der Waals surface area contributed by atoms with Crippen molar-refractivity contribution in [1.29, 1.82) is 0 Å². The molecule has 1 amide bonds. The number of carbonyl (C=O) groups is 1. The molecule has 0 atom stereocenters. The highest BCUT2D eigenvalue weighted by atomic mass is 16.5. The predicted molar refractivity (Wildman–Crippen MR) is 94.7 cm³/mol. The largest absolute Gasteiger partial charge is 0.481 e. The summed E-state index contributed by atoms with van der Waals surface area (Å²) in [4.78, 5) is 25.4. The van der Waals surface area contributed by atoms with Gasteiger partial charge in [-0.1, -0.05) is 18.2 Å². The summed E-state index contributed by atoms with van der Waals surface area (Å²) in [5.41, 5.74) is 4.45. The van der Waals surface area contributed by atoms with Gasteiger partial charge in [0.25, 0.3) is 0 Å². The molecule has 0 radical (unpaired) electrons. The lowest BCUT2D eigenvalue weighted by molar-refractivity contribution is -0.118. The first-order chi connectivity index (χ1) is 12.3. The lowest BCUT2D eigenvalue weighted by atomic mass is 10.1. The smallest absolute Gasteiger partial charge is 0.228 e. The van der Waals surface area contributed by atoms with Crippen molar-refractivity contribution in [2.24, 2.45) is 0 Å². The van der Waals surface area contributed by atoms with E-state index >= 15 is 0 Å². The number of aromatic nitrogens is 2. The number of ether oxygens (including phenoxy) is 1. The van der Waals surface area contributed by atoms with Crippen molar-refractivity contribution >= 4 is 11.6 Å². The molecule has 1 aromatic carbocycles. The number of nitrogens with zero attached hydrogens (tertiary/aromatic N) is 4. The fraction of sp³-hybridized carbons (Fsp3) is 0.421. The van der Waals surface area contributed by atoms with Crippen LogP contribution in [0.4, 0.5) is 5.69 Å². The van der Waals surface area contributed by atoms with Crippen LogP contribution in [-0.4, -0.2) is 47.5 Å². The summed E-state index contributed by atoms with van der Waals surface area (Å²) >= 11 is 0. The quantitative estimate of drug-likeness (QED) is 0.851. The maximum atomic E-state index is 12.7. The number of methoxy groups -OCH3 is 1. The van der Waals surface area contributed by atoms with Gasteiger partial charge in [0.1, 0.15) is 6.33 Å². The molecule has 2 aromatic rings. The van der Waals surface area contributed by atoms with Crippen LogP contribution in [0.25, 0.3) is 0 Å². The lowest BCUT2D eigenvalue weighted by Gasteiger charge is -2.29. The van der Waals surface area contributed by atoms with Gasteiger partial charge in [0.2, 0.25) is 11.8 Å². The van der Waals surface area contributed by atoms with Crippen molar-refractivity contribution in [3.05, 3.63) is 47.4 Å². The Kier molecular flexibility index (Phi) is 4.36. The van der Waals surface area contributed by atoms with Crippen molar-refractivity contribution < 1.29 is 9.53 Å². The maximum absolute atomic E-state index is 12.7.